The number of anilines is 1. The van der Waals surface area contributed by atoms with Gasteiger partial charge in [0.1, 0.15) is 11.2 Å². The summed E-state index contributed by atoms with van der Waals surface area (Å²) < 4.78 is 5.32. The molecule has 2 aromatic carbocycles. The molecule has 7 nitrogen and oxygen atoms in total. The molecule has 0 saturated heterocycles. The molecule has 0 amide bonds. The lowest BCUT2D eigenvalue weighted by molar-refractivity contribution is 0.0697. The largest absolute Gasteiger partial charge is 0.478 e. The first-order chi connectivity index (χ1) is 12.9. The first-order valence-corrected chi connectivity index (χ1v) is 8.55. The fourth-order valence-corrected chi connectivity index (χ4v) is 2.87. The van der Waals surface area contributed by atoms with Gasteiger partial charge in [-0.15, -0.1) is 0 Å². The Labute approximate surface area is 155 Å². The molecule has 0 aliphatic heterocycles. The average molecular weight is 362 g/mol. The van der Waals surface area contributed by atoms with E-state index in [1.165, 1.54) is 12.5 Å². The Kier molecular flexibility index (Phi) is 3.99. The van der Waals surface area contributed by atoms with E-state index in [1.807, 2.05) is 30.1 Å². The van der Waals surface area contributed by atoms with Crippen molar-refractivity contribution in [3.63, 3.8) is 0 Å². The molecule has 0 bridgehead atoms. The van der Waals surface area contributed by atoms with Crippen LogP contribution in [-0.4, -0.2) is 39.1 Å². The quantitative estimate of drug-likeness (QED) is 0.587. The highest BCUT2D eigenvalue weighted by Crippen LogP contribution is 2.32. The lowest BCUT2D eigenvalue weighted by Gasteiger charge is -2.25. The van der Waals surface area contributed by atoms with Crippen LogP contribution in [0, 0.1) is 0 Å². The Morgan fingerprint density at radius 1 is 1.07 bits per heavy atom. The first-order valence-electron chi connectivity index (χ1n) is 8.55. The van der Waals surface area contributed by atoms with Gasteiger partial charge in [0.05, 0.1) is 16.6 Å². The zero-order valence-electron chi connectivity index (χ0n) is 15.2. The van der Waals surface area contributed by atoms with E-state index in [4.69, 9.17) is 14.4 Å². The van der Waals surface area contributed by atoms with Crippen LogP contribution in [0.25, 0.3) is 33.4 Å². The van der Waals surface area contributed by atoms with E-state index in [1.54, 1.807) is 12.1 Å². The highest BCUT2D eigenvalue weighted by atomic mass is 16.4. The summed E-state index contributed by atoms with van der Waals surface area (Å²) in [5, 5.41) is 9.25. The monoisotopic (exact) mass is 362 g/mol. The van der Waals surface area contributed by atoms with E-state index in [0.717, 1.165) is 11.1 Å². The second-order valence-electron chi connectivity index (χ2n) is 6.64. The van der Waals surface area contributed by atoms with Gasteiger partial charge in [-0.1, -0.05) is 0 Å². The average Bonchev–Trinajstić information content (AvgIpc) is 3.13. The fourth-order valence-electron chi connectivity index (χ4n) is 2.87. The van der Waals surface area contributed by atoms with Crippen molar-refractivity contribution < 1.29 is 14.3 Å². The Bertz CT molecular complexity index is 1170. The van der Waals surface area contributed by atoms with E-state index < -0.39 is 5.97 Å². The van der Waals surface area contributed by atoms with Crippen molar-refractivity contribution in [3.8, 4) is 11.3 Å². The lowest BCUT2D eigenvalue weighted by atomic mass is 10.1. The Hall–Kier alpha value is -3.48. The maximum atomic E-state index is 11.3. The third-order valence-electron chi connectivity index (χ3n) is 4.61. The number of carboxylic acid groups (broad SMARTS) is 1. The summed E-state index contributed by atoms with van der Waals surface area (Å²) in [5.74, 6) is -0.305. The molecule has 27 heavy (non-hydrogen) atoms. The van der Waals surface area contributed by atoms with Crippen molar-refractivity contribution in [3.05, 3.63) is 48.4 Å². The van der Waals surface area contributed by atoms with Crippen molar-refractivity contribution >= 4 is 33.9 Å². The van der Waals surface area contributed by atoms with Gasteiger partial charge in [0.15, 0.2) is 17.8 Å². The van der Waals surface area contributed by atoms with Gasteiger partial charge in [0.2, 0.25) is 0 Å². The van der Waals surface area contributed by atoms with E-state index in [-0.39, 0.29) is 11.6 Å². The smallest absolute Gasteiger partial charge is 0.335 e. The number of nitrogens with zero attached hydrogens (tertiary/aromatic N) is 4. The van der Waals surface area contributed by atoms with E-state index in [2.05, 4.69) is 18.8 Å². The molecule has 136 valence electrons. The summed E-state index contributed by atoms with van der Waals surface area (Å²) in [6.45, 7) is 4.12. The molecular formula is C20H18N4O3. The van der Waals surface area contributed by atoms with Crippen molar-refractivity contribution in [2.45, 2.75) is 19.9 Å². The minimum Gasteiger partial charge on any atom is -0.478 e. The van der Waals surface area contributed by atoms with Gasteiger partial charge in [-0.25, -0.2) is 19.7 Å². The number of benzene rings is 2. The molecule has 0 fully saturated rings. The fraction of sp³-hybridized carbons (Fsp3) is 0.200. The second-order valence-corrected chi connectivity index (χ2v) is 6.64. The Morgan fingerprint density at radius 3 is 2.63 bits per heavy atom. The van der Waals surface area contributed by atoms with Crippen molar-refractivity contribution in [2.24, 2.45) is 0 Å². The Morgan fingerprint density at radius 2 is 1.89 bits per heavy atom. The maximum Gasteiger partial charge on any atom is 0.335 e. The van der Waals surface area contributed by atoms with Crippen molar-refractivity contribution in [1.29, 1.82) is 0 Å². The highest BCUT2D eigenvalue weighted by molar-refractivity contribution is 5.94. The number of hydrogen-bond acceptors (Lipinski definition) is 6. The molecule has 0 saturated carbocycles. The highest BCUT2D eigenvalue weighted by Gasteiger charge is 2.18. The van der Waals surface area contributed by atoms with Crippen LogP contribution in [0.5, 0.6) is 0 Å². The molecule has 7 heteroatoms. The number of carboxylic acids is 1. The van der Waals surface area contributed by atoms with Crippen LogP contribution < -0.4 is 4.90 Å². The second kappa shape index (κ2) is 6.35. The van der Waals surface area contributed by atoms with Crippen molar-refractivity contribution in [1.82, 2.24) is 15.0 Å². The summed E-state index contributed by atoms with van der Waals surface area (Å²) in [5.41, 5.74) is 4.40. The van der Waals surface area contributed by atoms with Crippen LogP contribution in [0.3, 0.4) is 0 Å². The number of oxazole rings is 1. The van der Waals surface area contributed by atoms with Gasteiger partial charge in [-0.3, -0.25) is 0 Å². The van der Waals surface area contributed by atoms with Crippen LogP contribution >= 0.6 is 0 Å². The van der Waals surface area contributed by atoms with E-state index >= 15 is 0 Å². The molecule has 4 aromatic rings. The lowest BCUT2D eigenvalue weighted by Crippen LogP contribution is -2.27. The summed E-state index contributed by atoms with van der Waals surface area (Å²) in [6, 6.07) is 10.7. The van der Waals surface area contributed by atoms with Gasteiger partial charge in [-0.2, -0.15) is 0 Å². The third kappa shape index (κ3) is 2.97. The standard InChI is InChI=1S/C20H18N4O3/c1-11(2)24(3)19-18(12-5-7-17-16(8-12)21-10-27-17)22-14-6-4-13(20(25)26)9-15(14)23-19/h4-11H,1-3H3,(H,25,26). The molecule has 0 spiro atoms. The van der Waals surface area contributed by atoms with E-state index in [0.29, 0.717) is 28.1 Å². The third-order valence-corrected chi connectivity index (χ3v) is 4.61. The van der Waals surface area contributed by atoms with Gasteiger partial charge >= 0.3 is 5.97 Å². The number of hydrogen-bond donors (Lipinski definition) is 1. The molecule has 4 rings (SSSR count). The molecule has 2 heterocycles. The van der Waals surface area contributed by atoms with Gasteiger partial charge < -0.3 is 14.4 Å². The molecule has 0 aliphatic carbocycles. The minimum absolute atomic E-state index is 0.187. The predicted molar refractivity (Wildman–Crippen MR) is 103 cm³/mol. The minimum atomic E-state index is -0.988. The first kappa shape index (κ1) is 17.0. The summed E-state index contributed by atoms with van der Waals surface area (Å²) >= 11 is 0. The molecular weight excluding hydrogens is 344 g/mol. The number of aromatic nitrogens is 3. The molecule has 0 radical (unpaired) electrons. The van der Waals surface area contributed by atoms with Crippen LogP contribution in [0.1, 0.15) is 24.2 Å². The molecule has 0 atom stereocenters. The van der Waals surface area contributed by atoms with Gasteiger partial charge in [0.25, 0.3) is 0 Å². The number of rotatable bonds is 4. The predicted octanol–water partition coefficient (Wildman–Crippen LogP) is 3.98. The number of aromatic carboxylic acids is 1. The zero-order chi connectivity index (χ0) is 19.1. The maximum absolute atomic E-state index is 11.3. The topological polar surface area (TPSA) is 92.4 Å². The number of carbonyl (C=O) groups is 1. The number of fused-ring (bicyclic) bond motifs is 2. The molecule has 2 aromatic heterocycles. The van der Waals surface area contributed by atoms with E-state index in [9.17, 15) is 9.90 Å². The van der Waals surface area contributed by atoms with Crippen LogP contribution in [0.2, 0.25) is 0 Å². The molecule has 0 unspecified atom stereocenters. The Balaban J connectivity index is 1.97. The summed E-state index contributed by atoms with van der Waals surface area (Å²) in [6.07, 6.45) is 1.41. The van der Waals surface area contributed by atoms with Crippen LogP contribution in [0.4, 0.5) is 5.82 Å². The summed E-state index contributed by atoms with van der Waals surface area (Å²) in [7, 11) is 1.94. The van der Waals surface area contributed by atoms with Crippen LogP contribution in [0.15, 0.2) is 47.2 Å². The van der Waals surface area contributed by atoms with Crippen LogP contribution in [-0.2, 0) is 0 Å². The normalized spacial score (nSPS) is 11.4. The SMILES string of the molecule is CC(C)N(C)c1nc2cc(C(=O)O)ccc2nc1-c1ccc2ocnc2c1. The summed E-state index contributed by atoms with van der Waals surface area (Å²) in [4.78, 5) is 27.0. The van der Waals surface area contributed by atoms with Gasteiger partial charge in [-0.05, 0) is 50.2 Å². The van der Waals surface area contributed by atoms with Crippen molar-refractivity contribution in [2.75, 3.05) is 11.9 Å². The zero-order valence-corrected chi connectivity index (χ0v) is 15.2. The molecule has 0 aliphatic rings. The van der Waals surface area contributed by atoms with Gasteiger partial charge in [0, 0.05) is 18.7 Å². The molecule has 1 N–H and O–H groups in total.